The lowest BCUT2D eigenvalue weighted by molar-refractivity contribution is -0.128. The molecule has 80 valence electrons. The van der Waals surface area contributed by atoms with Crippen molar-refractivity contribution in [3.05, 3.63) is 12.2 Å². The molecule has 0 fully saturated rings. The predicted octanol–water partition coefficient (Wildman–Crippen LogP) is 1.16. The van der Waals surface area contributed by atoms with Crippen LogP contribution in [0.2, 0.25) is 0 Å². The van der Waals surface area contributed by atoms with Gasteiger partial charge >= 0.3 is 0 Å². The molecule has 1 aliphatic rings. The quantitative estimate of drug-likeness (QED) is 0.684. The van der Waals surface area contributed by atoms with Crippen molar-refractivity contribution in [2.75, 3.05) is 20.6 Å². The molecule has 0 saturated carbocycles. The number of nitrogens with zero attached hydrogens (tertiary/aromatic N) is 1. The first-order valence-corrected chi connectivity index (χ1v) is 5.28. The third kappa shape index (κ3) is 3.92. The summed E-state index contributed by atoms with van der Waals surface area (Å²) in [5.74, 6) is 0.198. The van der Waals surface area contributed by atoms with Crippen molar-refractivity contribution in [3.8, 4) is 0 Å². The van der Waals surface area contributed by atoms with Gasteiger partial charge < -0.3 is 10.2 Å². The fraction of sp³-hybridized carbons (Fsp3) is 0.727. The van der Waals surface area contributed by atoms with Crippen LogP contribution in [0.15, 0.2) is 12.2 Å². The van der Waals surface area contributed by atoms with E-state index in [2.05, 4.69) is 17.5 Å². The van der Waals surface area contributed by atoms with Crippen molar-refractivity contribution in [1.29, 1.82) is 0 Å². The Hall–Kier alpha value is -0.830. The normalized spacial score (nSPS) is 20.9. The summed E-state index contributed by atoms with van der Waals surface area (Å²) in [6.07, 6.45) is 8.52. The van der Waals surface area contributed by atoms with Crippen LogP contribution in [-0.2, 0) is 4.79 Å². The number of amides is 1. The second kappa shape index (κ2) is 5.81. The molecule has 1 unspecified atom stereocenters. The van der Waals surface area contributed by atoms with Gasteiger partial charge in [0.05, 0.1) is 0 Å². The summed E-state index contributed by atoms with van der Waals surface area (Å²) in [5.41, 5.74) is 0. The zero-order valence-electron chi connectivity index (χ0n) is 9.12. The number of nitrogens with one attached hydrogen (secondary N) is 1. The van der Waals surface area contributed by atoms with Gasteiger partial charge in [-0.25, -0.2) is 0 Å². The van der Waals surface area contributed by atoms with Gasteiger partial charge in [-0.3, -0.25) is 4.79 Å². The van der Waals surface area contributed by atoms with Crippen LogP contribution in [0.25, 0.3) is 0 Å². The Morgan fingerprint density at radius 1 is 1.50 bits per heavy atom. The number of rotatable bonds is 4. The van der Waals surface area contributed by atoms with Crippen LogP contribution >= 0.6 is 0 Å². The SMILES string of the molecule is CN(C)C(=O)CCNC1CC=CCC1. The first-order valence-electron chi connectivity index (χ1n) is 5.28. The summed E-state index contributed by atoms with van der Waals surface area (Å²) in [4.78, 5) is 12.9. The highest BCUT2D eigenvalue weighted by molar-refractivity contribution is 5.75. The summed E-state index contributed by atoms with van der Waals surface area (Å²) in [7, 11) is 3.59. The van der Waals surface area contributed by atoms with Crippen molar-refractivity contribution < 1.29 is 4.79 Å². The molecule has 1 atom stereocenters. The van der Waals surface area contributed by atoms with E-state index in [0.29, 0.717) is 12.5 Å². The van der Waals surface area contributed by atoms with Crippen LogP contribution in [0.4, 0.5) is 0 Å². The van der Waals surface area contributed by atoms with Crippen molar-refractivity contribution in [1.82, 2.24) is 10.2 Å². The highest BCUT2D eigenvalue weighted by atomic mass is 16.2. The summed E-state index contributed by atoms with van der Waals surface area (Å²) in [6, 6.07) is 0.579. The highest BCUT2D eigenvalue weighted by Crippen LogP contribution is 2.10. The molecule has 0 spiro atoms. The Balaban J connectivity index is 2.09. The van der Waals surface area contributed by atoms with Crippen molar-refractivity contribution in [2.24, 2.45) is 0 Å². The lowest BCUT2D eigenvalue weighted by Crippen LogP contribution is -2.33. The van der Waals surface area contributed by atoms with E-state index in [9.17, 15) is 4.79 Å². The molecule has 0 radical (unpaired) electrons. The molecule has 1 N–H and O–H groups in total. The first kappa shape index (κ1) is 11.2. The van der Waals surface area contributed by atoms with Gasteiger partial charge in [0.25, 0.3) is 0 Å². The summed E-state index contributed by atoms with van der Waals surface area (Å²) in [6.45, 7) is 0.801. The topological polar surface area (TPSA) is 32.3 Å². The molecule has 0 aromatic heterocycles. The molecule has 14 heavy (non-hydrogen) atoms. The van der Waals surface area contributed by atoms with Crippen LogP contribution in [0.3, 0.4) is 0 Å². The second-order valence-electron chi connectivity index (χ2n) is 3.97. The maximum Gasteiger partial charge on any atom is 0.223 e. The maximum atomic E-state index is 11.3. The zero-order chi connectivity index (χ0) is 10.4. The Morgan fingerprint density at radius 2 is 2.29 bits per heavy atom. The lowest BCUT2D eigenvalue weighted by atomic mass is 10.0. The van der Waals surface area contributed by atoms with E-state index in [1.54, 1.807) is 19.0 Å². The van der Waals surface area contributed by atoms with Gasteiger partial charge in [-0.2, -0.15) is 0 Å². The maximum absolute atomic E-state index is 11.3. The molecule has 0 aromatic rings. The van der Waals surface area contributed by atoms with E-state index < -0.39 is 0 Å². The fourth-order valence-electron chi connectivity index (χ4n) is 1.59. The molecule has 1 amide bonds. The molecular formula is C11H20N2O. The van der Waals surface area contributed by atoms with Crippen LogP contribution in [-0.4, -0.2) is 37.5 Å². The van der Waals surface area contributed by atoms with Gasteiger partial charge in [-0.1, -0.05) is 12.2 Å². The Labute approximate surface area is 86.2 Å². The van der Waals surface area contributed by atoms with E-state index in [0.717, 1.165) is 13.0 Å². The zero-order valence-corrected chi connectivity index (χ0v) is 9.12. The summed E-state index contributed by atoms with van der Waals surface area (Å²) >= 11 is 0. The molecule has 0 aliphatic heterocycles. The Bertz CT molecular complexity index is 211. The number of carbonyl (C=O) groups is 1. The van der Waals surface area contributed by atoms with E-state index in [1.807, 2.05) is 0 Å². The Kier molecular flexibility index (Phi) is 4.66. The van der Waals surface area contributed by atoms with Crippen LogP contribution in [0.1, 0.15) is 25.7 Å². The minimum Gasteiger partial charge on any atom is -0.349 e. The van der Waals surface area contributed by atoms with Gasteiger partial charge in [0.2, 0.25) is 5.91 Å². The third-order valence-electron chi connectivity index (χ3n) is 2.54. The molecule has 1 aliphatic carbocycles. The molecule has 1 rings (SSSR count). The van der Waals surface area contributed by atoms with Crippen LogP contribution < -0.4 is 5.32 Å². The minimum atomic E-state index is 0.198. The van der Waals surface area contributed by atoms with Crippen molar-refractivity contribution >= 4 is 5.91 Å². The smallest absolute Gasteiger partial charge is 0.223 e. The highest BCUT2D eigenvalue weighted by Gasteiger charge is 2.09. The van der Waals surface area contributed by atoms with Gasteiger partial charge in [0.1, 0.15) is 0 Å². The predicted molar refractivity (Wildman–Crippen MR) is 58.1 cm³/mol. The van der Waals surface area contributed by atoms with Gasteiger partial charge in [0.15, 0.2) is 0 Å². The standard InChI is InChI=1S/C11H20N2O/c1-13(2)11(14)8-9-12-10-6-4-3-5-7-10/h3-4,10,12H,5-9H2,1-2H3. The van der Waals surface area contributed by atoms with Crippen molar-refractivity contribution in [2.45, 2.75) is 31.7 Å². The van der Waals surface area contributed by atoms with Gasteiger partial charge in [-0.05, 0) is 19.3 Å². The van der Waals surface area contributed by atoms with Gasteiger partial charge in [-0.15, -0.1) is 0 Å². The molecule has 0 saturated heterocycles. The molecule has 0 aromatic carbocycles. The molecule has 0 heterocycles. The number of hydrogen-bond donors (Lipinski definition) is 1. The van der Waals surface area contributed by atoms with Gasteiger partial charge in [0, 0.05) is 33.1 Å². The van der Waals surface area contributed by atoms with E-state index >= 15 is 0 Å². The lowest BCUT2D eigenvalue weighted by Gasteiger charge is -2.19. The minimum absolute atomic E-state index is 0.198. The van der Waals surface area contributed by atoms with Crippen LogP contribution in [0, 0.1) is 0 Å². The average molecular weight is 196 g/mol. The Morgan fingerprint density at radius 3 is 2.86 bits per heavy atom. The van der Waals surface area contributed by atoms with Crippen molar-refractivity contribution in [3.63, 3.8) is 0 Å². The molecule has 0 bridgehead atoms. The molecule has 3 heteroatoms. The third-order valence-corrected chi connectivity index (χ3v) is 2.54. The second-order valence-corrected chi connectivity index (χ2v) is 3.97. The largest absolute Gasteiger partial charge is 0.349 e. The summed E-state index contributed by atoms with van der Waals surface area (Å²) < 4.78 is 0. The number of hydrogen-bond acceptors (Lipinski definition) is 2. The van der Waals surface area contributed by atoms with Crippen LogP contribution in [0.5, 0.6) is 0 Å². The molecule has 3 nitrogen and oxygen atoms in total. The molecular weight excluding hydrogens is 176 g/mol. The fourth-order valence-corrected chi connectivity index (χ4v) is 1.59. The monoisotopic (exact) mass is 196 g/mol. The van der Waals surface area contributed by atoms with E-state index in [-0.39, 0.29) is 5.91 Å². The number of allylic oxidation sites excluding steroid dienone is 1. The van der Waals surface area contributed by atoms with E-state index in [4.69, 9.17) is 0 Å². The number of carbonyl (C=O) groups excluding carboxylic acids is 1. The van der Waals surface area contributed by atoms with E-state index in [1.165, 1.54) is 12.8 Å². The summed E-state index contributed by atoms with van der Waals surface area (Å²) in [5, 5.41) is 3.41. The first-order chi connectivity index (χ1) is 6.70. The average Bonchev–Trinajstić information content (AvgIpc) is 2.19.